The van der Waals surface area contributed by atoms with Gasteiger partial charge in [0.05, 0.1) is 26.2 Å². The molecule has 1 unspecified atom stereocenters. The predicted octanol–water partition coefficient (Wildman–Crippen LogP) is -1.96. The number of hydrogen-bond donors (Lipinski definition) is 19. The Morgan fingerprint density at radius 2 is 0.820 bits per heavy atom. The Kier molecular flexibility index (Phi) is 36.5. The summed E-state index contributed by atoms with van der Waals surface area (Å²) in [6.07, 6.45) is -4.98. The SMILES string of the molecule is O=C(O)CC[C@H](NC(=O)N[C@@H](CCC(=O)N[C@@H](CCCNC(=O)c1ccc(NC(=O)CC[C@@H](NC(=O)[C@@H](Cc2ccc3ccccc3c2)NC(=O)[C@@H](Cc2ccc(O)cc2)NC(=O)CNC(=O)CCC(C(=O)O)N2CCN(CC(=O)O)CCN(CC(=O)O)CCN(CC(=O)O)CC2)C(=O)O)cc1)C(=O)O)C(=O)O)C(=O)O. The van der Waals surface area contributed by atoms with Crippen LogP contribution in [0.1, 0.15) is 85.7 Å². The number of nitrogens with zero attached hydrogens (tertiary/aromatic N) is 4. The summed E-state index contributed by atoms with van der Waals surface area (Å²) in [5, 5.41) is 120. The molecule has 19 N–H and O–H groups in total. The highest BCUT2D eigenvalue weighted by Crippen LogP contribution is 2.20. The standard InChI is InChI=1S/C71H91N13O27/c85-47-15-8-41(9-16-47)35-52(76-58(89)37-73-55(86)23-20-54(70(109)110)84-32-30-82(39-61(94)95)28-26-81(38-60(92)93)27-29-83(31-33-84)40-62(96)97)64(99)78-53(36-42-7-10-43-4-1-2-5-45(43)34-42)65(100)77-49(67(103)104)17-21-56(87)74-46-13-11-44(12-14-46)63(98)72-25-3-6-48(66(101)102)75-57(88)22-18-50(68(105)106)79-71(111)80-51(69(107)108)19-24-59(90)91/h1-2,4-5,7-16,34,48-54,85H,3,6,17-33,35-40H2,(H,72,98)(H,73,86)(H,74,87)(H,75,88)(H,76,89)(H,77,100)(H,78,99)(H,90,91)(H,92,93)(H,94,95)(H,96,97)(H,101,102)(H,103,104)(H,105,106)(H,107,108)(H,109,110)(H2,79,80,111)/t48-,49+,50-,51-,52+,53+,54?/m0/s1. The number of aliphatic carboxylic acids is 9. The highest BCUT2D eigenvalue weighted by Gasteiger charge is 2.34. The van der Waals surface area contributed by atoms with Crippen molar-refractivity contribution in [3.05, 3.63) is 108 Å². The number of nitrogens with one attached hydrogen (secondary N) is 9. The van der Waals surface area contributed by atoms with Crippen molar-refractivity contribution >= 4 is 118 Å². The number of phenols is 1. The lowest BCUT2D eigenvalue weighted by Crippen LogP contribution is -2.57. The highest BCUT2D eigenvalue weighted by molar-refractivity contribution is 5.97. The largest absolute Gasteiger partial charge is 0.508 e. The molecule has 0 radical (unpaired) electrons. The fraction of sp³-hybridized carbons (Fsp3) is 0.451. The van der Waals surface area contributed by atoms with Gasteiger partial charge in [-0.1, -0.05) is 54.6 Å². The van der Waals surface area contributed by atoms with E-state index in [2.05, 4.69) is 37.2 Å². The van der Waals surface area contributed by atoms with Gasteiger partial charge in [-0.05, 0) is 96.8 Å². The Morgan fingerprint density at radius 3 is 1.33 bits per heavy atom. The number of carboxylic acids is 9. The molecule has 0 aromatic heterocycles. The van der Waals surface area contributed by atoms with Crippen molar-refractivity contribution in [2.24, 2.45) is 0 Å². The van der Waals surface area contributed by atoms with Crippen LogP contribution in [0.4, 0.5) is 10.5 Å². The van der Waals surface area contributed by atoms with E-state index in [0.717, 1.165) is 10.8 Å². The van der Waals surface area contributed by atoms with Gasteiger partial charge in [0, 0.05) is 109 Å². The molecule has 7 atom stereocenters. The summed E-state index contributed by atoms with van der Waals surface area (Å²) in [6.45, 7) is -2.16. The zero-order valence-electron chi connectivity index (χ0n) is 60.1. The van der Waals surface area contributed by atoms with Crippen molar-refractivity contribution in [2.75, 3.05) is 90.4 Å². The summed E-state index contributed by atoms with van der Waals surface area (Å²) in [5.41, 5.74) is 1.10. The number of carbonyl (C=O) groups excluding carboxylic acids is 8. The summed E-state index contributed by atoms with van der Waals surface area (Å²) in [4.78, 5) is 221. The minimum Gasteiger partial charge on any atom is -0.508 e. The van der Waals surface area contributed by atoms with Crippen LogP contribution in [0.15, 0.2) is 91.0 Å². The second kappa shape index (κ2) is 45.4. The number of aromatic hydroxyl groups is 1. The molecule has 40 heteroatoms. The molecule has 1 heterocycles. The Morgan fingerprint density at radius 1 is 0.378 bits per heavy atom. The van der Waals surface area contributed by atoms with Crippen molar-refractivity contribution in [3.8, 4) is 5.75 Å². The van der Waals surface area contributed by atoms with Gasteiger partial charge in [-0.15, -0.1) is 0 Å². The molecular formula is C71H91N13O27. The fourth-order valence-electron chi connectivity index (χ4n) is 11.6. The van der Waals surface area contributed by atoms with Crippen LogP contribution < -0.4 is 47.9 Å². The smallest absolute Gasteiger partial charge is 0.326 e. The number of phenolic OH excluding ortho intramolecular Hbond substituents is 1. The van der Waals surface area contributed by atoms with Crippen LogP contribution in [0, 0.1) is 0 Å². The molecular weight excluding hydrogens is 1470 g/mol. The normalized spacial score (nSPS) is 15.0. The van der Waals surface area contributed by atoms with E-state index in [1.165, 1.54) is 68.1 Å². The topological polar surface area (TPSA) is 614 Å². The summed E-state index contributed by atoms with van der Waals surface area (Å²) in [6, 6.07) is 10.7. The van der Waals surface area contributed by atoms with Gasteiger partial charge in [-0.2, -0.15) is 0 Å². The Bertz CT molecular complexity index is 3950. The van der Waals surface area contributed by atoms with Crippen LogP contribution in [0.2, 0.25) is 0 Å². The number of anilines is 1. The van der Waals surface area contributed by atoms with Crippen molar-refractivity contribution in [2.45, 2.75) is 119 Å². The molecule has 5 rings (SSSR count). The minimum absolute atomic E-state index is 0.00541. The van der Waals surface area contributed by atoms with E-state index in [1.54, 1.807) is 36.4 Å². The molecule has 1 aliphatic rings. The molecule has 4 aromatic carbocycles. The van der Waals surface area contributed by atoms with Crippen LogP contribution in [-0.4, -0.2) is 299 Å². The van der Waals surface area contributed by atoms with Crippen molar-refractivity contribution in [3.63, 3.8) is 0 Å². The van der Waals surface area contributed by atoms with Gasteiger partial charge in [0.15, 0.2) is 0 Å². The third-order valence-electron chi connectivity index (χ3n) is 17.5. The van der Waals surface area contributed by atoms with Crippen LogP contribution in [0.3, 0.4) is 0 Å². The quantitative estimate of drug-likeness (QED) is 0.0214. The van der Waals surface area contributed by atoms with Crippen molar-refractivity contribution in [1.29, 1.82) is 0 Å². The molecule has 0 saturated carbocycles. The van der Waals surface area contributed by atoms with E-state index in [1.807, 2.05) is 16.7 Å². The van der Waals surface area contributed by atoms with Gasteiger partial charge in [0.25, 0.3) is 5.91 Å². The number of benzene rings is 4. The lowest BCUT2D eigenvalue weighted by Gasteiger charge is -2.35. The summed E-state index contributed by atoms with van der Waals surface area (Å²) in [7, 11) is 0. The molecule has 111 heavy (non-hydrogen) atoms. The number of carbonyl (C=O) groups is 17. The van der Waals surface area contributed by atoms with E-state index >= 15 is 0 Å². The maximum atomic E-state index is 14.6. The zero-order valence-corrected chi connectivity index (χ0v) is 60.1. The summed E-state index contributed by atoms with van der Waals surface area (Å²) >= 11 is 0. The molecule has 9 amide bonds. The molecule has 4 aromatic rings. The first-order valence-corrected chi connectivity index (χ1v) is 35.0. The lowest BCUT2D eigenvalue weighted by atomic mass is 9.99. The number of fused-ring (bicyclic) bond motifs is 1. The maximum absolute atomic E-state index is 14.6. The van der Waals surface area contributed by atoms with Gasteiger partial charge in [0.1, 0.15) is 48.0 Å². The first-order valence-electron chi connectivity index (χ1n) is 35.0. The van der Waals surface area contributed by atoms with Crippen molar-refractivity contribution < 1.29 is 133 Å². The van der Waals surface area contributed by atoms with Crippen LogP contribution in [-0.2, 0) is 84.8 Å². The van der Waals surface area contributed by atoms with E-state index in [0.29, 0.717) is 11.1 Å². The van der Waals surface area contributed by atoms with Gasteiger partial charge in [-0.3, -0.25) is 77.1 Å². The third kappa shape index (κ3) is 33.3. The molecule has 0 bridgehead atoms. The molecule has 602 valence electrons. The third-order valence-corrected chi connectivity index (χ3v) is 17.5. The maximum Gasteiger partial charge on any atom is 0.326 e. The van der Waals surface area contributed by atoms with Gasteiger partial charge >= 0.3 is 59.8 Å². The lowest BCUT2D eigenvalue weighted by molar-refractivity contribution is -0.145. The van der Waals surface area contributed by atoms with E-state index < -0.39 is 215 Å². The monoisotopic (exact) mass is 1560 g/mol. The Labute approximate surface area is 633 Å². The van der Waals surface area contributed by atoms with Gasteiger partial charge < -0.3 is 98.9 Å². The first kappa shape index (κ1) is 89.2. The van der Waals surface area contributed by atoms with Crippen LogP contribution >= 0.6 is 0 Å². The molecule has 1 saturated heterocycles. The van der Waals surface area contributed by atoms with E-state index in [9.17, 15) is 127 Å². The number of amides is 9. The second-order valence-electron chi connectivity index (χ2n) is 25.9. The van der Waals surface area contributed by atoms with Gasteiger partial charge in [0.2, 0.25) is 35.4 Å². The van der Waals surface area contributed by atoms with E-state index in [4.69, 9.17) is 5.11 Å². The summed E-state index contributed by atoms with van der Waals surface area (Å²) in [5.74, 6) is -18.8. The number of urea groups is 1. The minimum atomic E-state index is -1.75. The molecule has 40 nitrogen and oxygen atoms in total. The molecule has 1 fully saturated rings. The Hall–Kier alpha value is -12.4. The predicted molar refractivity (Wildman–Crippen MR) is 386 cm³/mol. The van der Waals surface area contributed by atoms with E-state index in [-0.39, 0.29) is 108 Å². The van der Waals surface area contributed by atoms with Crippen molar-refractivity contribution in [1.82, 2.24) is 62.1 Å². The highest BCUT2D eigenvalue weighted by atomic mass is 16.4. The number of rotatable bonds is 44. The number of hydrogen-bond acceptors (Lipinski definition) is 22. The molecule has 0 spiro atoms. The molecule has 0 aliphatic carbocycles. The summed E-state index contributed by atoms with van der Waals surface area (Å²) < 4.78 is 0. The second-order valence-corrected chi connectivity index (χ2v) is 25.9. The first-order chi connectivity index (χ1) is 52.6. The van der Waals surface area contributed by atoms with Crippen LogP contribution in [0.5, 0.6) is 5.75 Å². The zero-order chi connectivity index (χ0) is 81.9. The average Bonchev–Trinajstić information content (AvgIpc) is 0.830. The molecule has 1 aliphatic heterocycles. The van der Waals surface area contributed by atoms with Crippen LogP contribution in [0.25, 0.3) is 10.8 Å². The van der Waals surface area contributed by atoms with Gasteiger partial charge in [-0.25, -0.2) is 24.0 Å². The fourth-order valence-corrected chi connectivity index (χ4v) is 11.6. The number of carboxylic acid groups (broad SMARTS) is 9. The average molecular weight is 1560 g/mol. The Balaban J connectivity index is 1.19.